The molecule has 1 aromatic carbocycles. The average molecular weight is 353 g/mol. The van der Waals surface area contributed by atoms with Crippen LogP contribution in [0.25, 0.3) is 11.0 Å². The molecule has 0 saturated carbocycles. The van der Waals surface area contributed by atoms with Crippen molar-refractivity contribution in [2.24, 2.45) is 0 Å². The molecule has 0 aliphatic heterocycles. The minimum absolute atomic E-state index is 0.208. The maximum Gasteiger partial charge on any atom is 0.275 e. The van der Waals surface area contributed by atoms with Gasteiger partial charge in [0, 0.05) is 0 Å². The Morgan fingerprint density at radius 3 is 2.33 bits per heavy atom. The van der Waals surface area contributed by atoms with Crippen LogP contribution in [0.15, 0.2) is 59.3 Å². The quantitative estimate of drug-likeness (QED) is 0.603. The zero-order valence-corrected chi connectivity index (χ0v) is 13.9. The molecular weight excluding hydrogens is 342 g/mol. The summed E-state index contributed by atoms with van der Waals surface area (Å²) < 4.78 is 1.45. The van der Waals surface area contributed by atoms with Crippen LogP contribution in [0.3, 0.4) is 0 Å². The van der Waals surface area contributed by atoms with Crippen LogP contribution in [0, 0.1) is 0 Å². The molecule has 1 N–H and O–H groups in total. The lowest BCUT2D eigenvalue weighted by atomic mass is 10.3. The third-order valence-corrected chi connectivity index (χ3v) is 5.19. The van der Waals surface area contributed by atoms with Gasteiger partial charge in [-0.15, -0.1) is 22.7 Å². The van der Waals surface area contributed by atoms with E-state index in [9.17, 15) is 9.59 Å². The number of aromatic nitrogens is 2. The lowest BCUT2D eigenvalue weighted by Crippen LogP contribution is -2.19. The van der Waals surface area contributed by atoms with Crippen molar-refractivity contribution in [3.63, 3.8) is 0 Å². The number of hydrogen-bond donors (Lipinski definition) is 1. The summed E-state index contributed by atoms with van der Waals surface area (Å²) in [7, 11) is 0. The van der Waals surface area contributed by atoms with Crippen LogP contribution in [0.2, 0.25) is 0 Å². The highest BCUT2D eigenvalue weighted by atomic mass is 32.1. The third kappa shape index (κ3) is 2.53. The topological polar surface area (TPSA) is 64.0 Å². The Bertz CT molecular complexity index is 1020. The van der Waals surface area contributed by atoms with Gasteiger partial charge in [-0.05, 0) is 35.0 Å². The molecule has 5 nitrogen and oxygen atoms in total. The van der Waals surface area contributed by atoms with Crippen LogP contribution in [-0.2, 0) is 0 Å². The van der Waals surface area contributed by atoms with Crippen molar-refractivity contribution in [1.29, 1.82) is 0 Å². The summed E-state index contributed by atoms with van der Waals surface area (Å²) in [5.74, 6) is -0.256. The molecule has 0 aliphatic rings. The highest BCUT2D eigenvalue weighted by Crippen LogP contribution is 2.23. The van der Waals surface area contributed by atoms with Crippen LogP contribution in [0.5, 0.6) is 0 Å². The molecule has 1 amide bonds. The average Bonchev–Trinajstić information content (AvgIpc) is 3.33. The second-order valence-corrected chi connectivity index (χ2v) is 6.87. The number of thiophene rings is 2. The minimum atomic E-state index is -0.277. The van der Waals surface area contributed by atoms with Crippen molar-refractivity contribution in [2.75, 3.05) is 5.32 Å². The summed E-state index contributed by atoms with van der Waals surface area (Å²) in [6, 6.07) is 14.4. The maximum atomic E-state index is 12.9. The number of rotatable bonds is 3. The number of nitrogens with zero attached hydrogens (tertiary/aromatic N) is 2. The number of carbonyl (C=O) groups excluding carboxylic acids is 2. The molecule has 0 fully saturated rings. The van der Waals surface area contributed by atoms with Crippen LogP contribution in [-0.4, -0.2) is 21.4 Å². The van der Waals surface area contributed by atoms with Gasteiger partial charge in [0.25, 0.3) is 11.8 Å². The van der Waals surface area contributed by atoms with E-state index in [1.807, 2.05) is 41.1 Å². The molecule has 118 valence electrons. The monoisotopic (exact) mass is 353 g/mol. The van der Waals surface area contributed by atoms with E-state index in [0.29, 0.717) is 20.8 Å². The second-order valence-electron chi connectivity index (χ2n) is 4.97. The number of amides is 1. The van der Waals surface area contributed by atoms with Gasteiger partial charge in [0.2, 0.25) is 5.95 Å². The highest BCUT2D eigenvalue weighted by Gasteiger charge is 2.21. The van der Waals surface area contributed by atoms with Gasteiger partial charge in [-0.1, -0.05) is 24.3 Å². The fraction of sp³-hybridized carbons (Fsp3) is 0. The summed E-state index contributed by atoms with van der Waals surface area (Å²) >= 11 is 2.69. The Kier molecular flexibility index (Phi) is 3.72. The Balaban J connectivity index is 1.81. The standard InChI is InChI=1S/C17H11N3O2S2/c21-15(13-7-3-9-23-13)19-17-18-11-5-1-2-6-12(11)20(17)16(22)14-8-4-10-24-14/h1-10H,(H,18,19,21). The van der Waals surface area contributed by atoms with E-state index >= 15 is 0 Å². The molecule has 0 radical (unpaired) electrons. The Morgan fingerprint density at radius 1 is 0.917 bits per heavy atom. The molecule has 7 heteroatoms. The number of carbonyl (C=O) groups is 2. The van der Waals surface area contributed by atoms with Gasteiger partial charge < -0.3 is 0 Å². The van der Waals surface area contributed by atoms with Gasteiger partial charge in [-0.25, -0.2) is 9.55 Å². The van der Waals surface area contributed by atoms with E-state index in [1.165, 1.54) is 27.2 Å². The van der Waals surface area contributed by atoms with Crippen molar-refractivity contribution in [2.45, 2.75) is 0 Å². The van der Waals surface area contributed by atoms with E-state index in [2.05, 4.69) is 10.3 Å². The van der Waals surface area contributed by atoms with Crippen molar-refractivity contribution in [3.05, 3.63) is 69.0 Å². The largest absolute Gasteiger partial charge is 0.291 e. The molecule has 0 saturated heterocycles. The Labute approximate surface area is 145 Å². The number of nitrogens with one attached hydrogen (secondary N) is 1. The lowest BCUT2D eigenvalue weighted by molar-refractivity contribution is 0.0970. The zero-order chi connectivity index (χ0) is 16.5. The molecule has 24 heavy (non-hydrogen) atoms. The van der Waals surface area contributed by atoms with E-state index in [1.54, 1.807) is 18.2 Å². The van der Waals surface area contributed by atoms with E-state index in [-0.39, 0.29) is 17.8 Å². The number of hydrogen-bond acceptors (Lipinski definition) is 5. The van der Waals surface area contributed by atoms with Crippen LogP contribution < -0.4 is 5.32 Å². The van der Waals surface area contributed by atoms with E-state index in [0.717, 1.165) is 0 Å². The van der Waals surface area contributed by atoms with Gasteiger partial charge in [-0.3, -0.25) is 14.9 Å². The zero-order valence-electron chi connectivity index (χ0n) is 12.3. The molecule has 4 rings (SSSR count). The normalized spacial score (nSPS) is 10.8. The first kappa shape index (κ1) is 14.8. The summed E-state index contributed by atoms with van der Waals surface area (Å²) in [5.41, 5.74) is 1.32. The van der Waals surface area contributed by atoms with Crippen molar-refractivity contribution in [3.8, 4) is 0 Å². The third-order valence-electron chi connectivity index (χ3n) is 3.47. The van der Waals surface area contributed by atoms with Crippen LogP contribution >= 0.6 is 22.7 Å². The van der Waals surface area contributed by atoms with Crippen LogP contribution in [0.4, 0.5) is 5.95 Å². The SMILES string of the molecule is O=C(Nc1nc2ccccc2n1C(=O)c1cccs1)c1cccs1. The van der Waals surface area contributed by atoms with Gasteiger partial charge in [0.15, 0.2) is 0 Å². The van der Waals surface area contributed by atoms with Crippen LogP contribution in [0.1, 0.15) is 19.3 Å². The molecule has 0 atom stereocenters. The van der Waals surface area contributed by atoms with Gasteiger partial charge in [-0.2, -0.15) is 0 Å². The lowest BCUT2D eigenvalue weighted by Gasteiger charge is -2.07. The molecule has 3 heterocycles. The summed E-state index contributed by atoms with van der Waals surface area (Å²) in [5, 5.41) is 6.42. The number of fused-ring (bicyclic) bond motifs is 1. The second kappa shape index (κ2) is 6.03. The number of imidazole rings is 1. The summed E-state index contributed by atoms with van der Waals surface area (Å²) in [4.78, 5) is 30.8. The molecule has 4 aromatic rings. The molecule has 0 bridgehead atoms. The fourth-order valence-electron chi connectivity index (χ4n) is 2.40. The Morgan fingerprint density at radius 2 is 1.62 bits per heavy atom. The van der Waals surface area contributed by atoms with E-state index in [4.69, 9.17) is 0 Å². The smallest absolute Gasteiger partial charge is 0.275 e. The first-order valence-corrected chi connectivity index (χ1v) is 8.90. The van der Waals surface area contributed by atoms with Gasteiger partial charge in [0.1, 0.15) is 0 Å². The first-order chi connectivity index (χ1) is 11.7. The highest BCUT2D eigenvalue weighted by molar-refractivity contribution is 7.12. The first-order valence-electron chi connectivity index (χ1n) is 7.14. The predicted octanol–water partition coefficient (Wildman–Crippen LogP) is 4.10. The fourth-order valence-corrected chi connectivity index (χ4v) is 3.67. The molecule has 0 spiro atoms. The van der Waals surface area contributed by atoms with Crippen molar-refractivity contribution >= 4 is 51.5 Å². The number of para-hydroxylation sites is 2. The van der Waals surface area contributed by atoms with Gasteiger partial charge in [0.05, 0.1) is 20.8 Å². The van der Waals surface area contributed by atoms with Crippen molar-refractivity contribution < 1.29 is 9.59 Å². The molecule has 3 aromatic heterocycles. The van der Waals surface area contributed by atoms with Crippen molar-refractivity contribution in [1.82, 2.24) is 9.55 Å². The van der Waals surface area contributed by atoms with E-state index < -0.39 is 0 Å². The number of anilines is 1. The maximum absolute atomic E-state index is 12.9. The summed E-state index contributed by atoms with van der Waals surface area (Å²) in [6.07, 6.45) is 0. The van der Waals surface area contributed by atoms with Gasteiger partial charge >= 0.3 is 0 Å². The Hall–Kier alpha value is -2.77. The molecule has 0 aliphatic carbocycles. The minimum Gasteiger partial charge on any atom is -0.291 e. The summed E-state index contributed by atoms with van der Waals surface area (Å²) in [6.45, 7) is 0. The molecule has 0 unspecified atom stereocenters. The predicted molar refractivity (Wildman–Crippen MR) is 96.1 cm³/mol. The molecular formula is C17H11N3O2S2. The number of benzene rings is 1.